The van der Waals surface area contributed by atoms with Gasteiger partial charge in [-0.25, -0.2) is 14.0 Å². The van der Waals surface area contributed by atoms with Gasteiger partial charge in [0.2, 0.25) is 5.95 Å². The fourth-order valence-corrected chi connectivity index (χ4v) is 3.42. The molecule has 33 heavy (non-hydrogen) atoms. The lowest BCUT2D eigenvalue weighted by Crippen LogP contribution is -2.43. The van der Waals surface area contributed by atoms with Crippen LogP contribution in [0.15, 0.2) is 30.5 Å². The molecule has 3 aromatic rings. The molecule has 0 saturated heterocycles. The number of aromatic nitrogens is 3. The van der Waals surface area contributed by atoms with E-state index in [-0.39, 0.29) is 11.5 Å². The van der Waals surface area contributed by atoms with Crippen molar-refractivity contribution in [1.29, 1.82) is 0 Å². The molecule has 1 amide bonds. The Labute approximate surface area is 187 Å². The van der Waals surface area contributed by atoms with Crippen LogP contribution in [-0.2, 0) is 22.4 Å². The second-order valence-electron chi connectivity index (χ2n) is 7.46. The van der Waals surface area contributed by atoms with E-state index in [4.69, 9.17) is 21.7 Å². The summed E-state index contributed by atoms with van der Waals surface area (Å²) in [7, 11) is 0. The molecule has 3 rings (SSSR count). The van der Waals surface area contributed by atoms with Gasteiger partial charge in [0.05, 0.1) is 5.39 Å². The molecule has 2 heterocycles. The van der Waals surface area contributed by atoms with Crippen molar-refractivity contribution < 1.29 is 29.0 Å². The molecule has 2 atom stereocenters. The largest absolute Gasteiger partial charge is 0.480 e. The number of alkyl halides is 1. The van der Waals surface area contributed by atoms with E-state index in [1.54, 1.807) is 12.1 Å². The van der Waals surface area contributed by atoms with Gasteiger partial charge in [-0.3, -0.25) is 4.79 Å². The predicted octanol–water partition coefficient (Wildman–Crippen LogP) is 1.29. The highest BCUT2D eigenvalue weighted by Crippen LogP contribution is 2.24. The lowest BCUT2D eigenvalue weighted by molar-refractivity contribution is -0.145. The number of halogens is 1. The number of aromatic amines is 1. The first-order valence-electron chi connectivity index (χ1n) is 10.0. The topological polar surface area (TPSA) is 197 Å². The molecule has 0 radical (unpaired) electrons. The van der Waals surface area contributed by atoms with Gasteiger partial charge in [0.25, 0.3) is 5.91 Å². The number of hydrogen-bond acceptors (Lipinski definition) is 7. The molecule has 0 aliphatic rings. The number of nitrogens with one attached hydrogen (secondary N) is 2. The minimum absolute atomic E-state index is 0.0959. The Hall–Kier alpha value is -4.22. The molecule has 2 aromatic heterocycles. The number of carbonyl (C=O) groups is 3. The van der Waals surface area contributed by atoms with E-state index in [1.807, 2.05) is 6.20 Å². The number of nitrogen functional groups attached to an aromatic ring is 2. The van der Waals surface area contributed by atoms with Gasteiger partial charge in [0, 0.05) is 18.2 Å². The number of carbonyl (C=O) groups excluding carboxylic acids is 1. The van der Waals surface area contributed by atoms with E-state index >= 15 is 0 Å². The highest BCUT2D eigenvalue weighted by Gasteiger charge is 2.28. The summed E-state index contributed by atoms with van der Waals surface area (Å²) < 4.78 is 13.4. The quantitative estimate of drug-likeness (QED) is 0.259. The second-order valence-corrected chi connectivity index (χ2v) is 7.46. The molecular weight excluding hydrogens is 435 g/mol. The summed E-state index contributed by atoms with van der Waals surface area (Å²) in [5, 5.41) is 20.6. The third-order valence-electron chi connectivity index (χ3n) is 5.10. The van der Waals surface area contributed by atoms with Crippen molar-refractivity contribution in [1.82, 2.24) is 20.3 Å². The molecule has 0 fully saturated rings. The van der Waals surface area contributed by atoms with Crippen LogP contribution in [0.5, 0.6) is 0 Å². The number of H-pyrrole nitrogens is 1. The maximum atomic E-state index is 13.4. The number of fused-ring (bicyclic) bond motifs is 1. The number of benzene rings is 1. The summed E-state index contributed by atoms with van der Waals surface area (Å²) in [6.45, 7) is 0. The van der Waals surface area contributed by atoms with Crippen LogP contribution in [0, 0.1) is 0 Å². The van der Waals surface area contributed by atoms with Crippen molar-refractivity contribution >= 4 is 40.6 Å². The van der Waals surface area contributed by atoms with E-state index < -0.39 is 36.5 Å². The van der Waals surface area contributed by atoms with E-state index in [9.17, 15) is 18.8 Å². The fraction of sp³-hybridized carbons (Fsp3) is 0.286. The minimum Gasteiger partial charge on any atom is -0.480 e. The van der Waals surface area contributed by atoms with Gasteiger partial charge in [0.15, 0.2) is 6.17 Å². The zero-order valence-corrected chi connectivity index (χ0v) is 17.4. The SMILES string of the molecule is Nc1nc(N)c2c(CCCc3ccc(C(=O)N[C@@H](C[C@@H](F)C(=O)O)C(=O)O)cc3)c[nH]c2n1. The fourth-order valence-electron chi connectivity index (χ4n) is 3.42. The summed E-state index contributed by atoms with van der Waals surface area (Å²) in [6, 6.07) is 4.84. The molecule has 1 aromatic carbocycles. The standard InChI is InChI=1S/C21H23FN6O5/c22-13(19(30)31)8-14(20(32)33)26-18(29)11-6-4-10(5-7-11)2-1-3-12-9-25-17-15(12)16(23)27-21(24)28-17/h4-7,9,13-14H,1-3,8H2,(H,26,29)(H,30,31)(H,32,33)(H5,23,24,25,27,28)/t13-,14+/m1/s1. The van der Waals surface area contributed by atoms with Gasteiger partial charge in [-0.05, 0) is 42.5 Å². The van der Waals surface area contributed by atoms with Gasteiger partial charge in [0.1, 0.15) is 17.5 Å². The molecule has 0 saturated carbocycles. The lowest BCUT2D eigenvalue weighted by atomic mass is 10.0. The monoisotopic (exact) mass is 458 g/mol. The van der Waals surface area contributed by atoms with Gasteiger partial charge in [-0.1, -0.05) is 12.1 Å². The molecule has 12 heteroatoms. The molecule has 8 N–H and O–H groups in total. The molecule has 0 aliphatic heterocycles. The molecule has 0 aliphatic carbocycles. The third-order valence-corrected chi connectivity index (χ3v) is 5.10. The van der Waals surface area contributed by atoms with Crippen LogP contribution >= 0.6 is 0 Å². The summed E-state index contributed by atoms with van der Waals surface area (Å²) in [5.41, 5.74) is 14.2. The van der Waals surface area contributed by atoms with E-state index in [0.717, 1.165) is 22.9 Å². The van der Waals surface area contributed by atoms with Crippen LogP contribution in [0.2, 0.25) is 0 Å². The first-order valence-corrected chi connectivity index (χ1v) is 10.0. The van der Waals surface area contributed by atoms with Crippen molar-refractivity contribution in [2.24, 2.45) is 0 Å². The van der Waals surface area contributed by atoms with Gasteiger partial charge in [-0.2, -0.15) is 9.97 Å². The number of nitrogens with zero attached hydrogens (tertiary/aromatic N) is 2. The number of aryl methyl sites for hydroxylation is 2. The number of amides is 1. The van der Waals surface area contributed by atoms with Crippen molar-refractivity contribution in [3.05, 3.63) is 47.2 Å². The Bertz CT molecular complexity index is 1180. The average molecular weight is 458 g/mol. The average Bonchev–Trinajstić information content (AvgIpc) is 3.16. The number of rotatable bonds is 10. The van der Waals surface area contributed by atoms with Crippen LogP contribution in [0.25, 0.3) is 11.0 Å². The molecule has 11 nitrogen and oxygen atoms in total. The highest BCUT2D eigenvalue weighted by atomic mass is 19.1. The van der Waals surface area contributed by atoms with Crippen molar-refractivity contribution in [3.8, 4) is 0 Å². The van der Waals surface area contributed by atoms with Crippen molar-refractivity contribution in [2.45, 2.75) is 37.9 Å². The number of carboxylic acid groups (broad SMARTS) is 2. The maximum absolute atomic E-state index is 13.4. The van der Waals surface area contributed by atoms with Gasteiger partial charge < -0.3 is 32.0 Å². The first kappa shape index (κ1) is 23.4. The van der Waals surface area contributed by atoms with Gasteiger partial charge >= 0.3 is 11.9 Å². The maximum Gasteiger partial charge on any atom is 0.338 e. The Balaban J connectivity index is 1.57. The van der Waals surface area contributed by atoms with E-state index in [2.05, 4.69) is 20.3 Å². The predicted molar refractivity (Wildman–Crippen MR) is 117 cm³/mol. The van der Waals surface area contributed by atoms with Crippen molar-refractivity contribution in [2.75, 3.05) is 11.5 Å². The van der Waals surface area contributed by atoms with Crippen LogP contribution < -0.4 is 16.8 Å². The summed E-state index contributed by atoms with van der Waals surface area (Å²) >= 11 is 0. The Morgan fingerprint density at radius 3 is 2.39 bits per heavy atom. The number of nitrogens with two attached hydrogens (primary N) is 2. The zero-order chi connectivity index (χ0) is 24.1. The smallest absolute Gasteiger partial charge is 0.338 e. The van der Waals surface area contributed by atoms with Crippen LogP contribution in [0.4, 0.5) is 16.2 Å². The Morgan fingerprint density at radius 1 is 1.06 bits per heavy atom. The van der Waals surface area contributed by atoms with Gasteiger partial charge in [-0.15, -0.1) is 0 Å². The second kappa shape index (κ2) is 9.94. The molecular formula is C21H23FN6O5. The third kappa shape index (κ3) is 5.73. The van der Waals surface area contributed by atoms with Crippen molar-refractivity contribution in [3.63, 3.8) is 0 Å². The molecule has 0 bridgehead atoms. The van der Waals surface area contributed by atoms with Crippen LogP contribution in [0.3, 0.4) is 0 Å². The Kier molecular flexibility index (Phi) is 7.06. The normalized spacial score (nSPS) is 12.9. The Morgan fingerprint density at radius 2 is 1.76 bits per heavy atom. The lowest BCUT2D eigenvalue weighted by Gasteiger charge is -2.15. The zero-order valence-electron chi connectivity index (χ0n) is 17.4. The summed E-state index contributed by atoms with van der Waals surface area (Å²) in [5.74, 6) is -3.63. The molecule has 0 spiro atoms. The van der Waals surface area contributed by atoms with Crippen LogP contribution in [-0.4, -0.2) is 55.2 Å². The van der Waals surface area contributed by atoms with E-state index in [1.165, 1.54) is 12.1 Å². The minimum atomic E-state index is -2.40. The molecule has 0 unspecified atom stereocenters. The van der Waals surface area contributed by atoms with E-state index in [0.29, 0.717) is 24.3 Å². The first-order chi connectivity index (χ1) is 15.7. The number of anilines is 2. The highest BCUT2D eigenvalue weighted by molar-refractivity contribution is 5.96. The van der Waals surface area contributed by atoms with Crippen LogP contribution in [0.1, 0.15) is 34.3 Å². The number of aliphatic carboxylic acids is 2. The number of hydrogen-bond donors (Lipinski definition) is 6. The summed E-state index contributed by atoms with van der Waals surface area (Å²) in [6.07, 6.45) is 0.720. The summed E-state index contributed by atoms with van der Waals surface area (Å²) in [4.78, 5) is 45.2. The number of carboxylic acids is 2. The molecule has 174 valence electrons.